The molecule has 1 heterocycles. The van der Waals surface area contributed by atoms with E-state index in [1.807, 2.05) is 13.8 Å². The monoisotopic (exact) mass is 271 g/mol. The lowest BCUT2D eigenvalue weighted by atomic mass is 10.00. The van der Waals surface area contributed by atoms with Crippen LogP contribution in [-0.4, -0.2) is 54.4 Å². The summed E-state index contributed by atoms with van der Waals surface area (Å²) in [5, 5.41) is 5.79. The predicted molar refractivity (Wildman–Crippen MR) is 77.3 cm³/mol. The van der Waals surface area contributed by atoms with Crippen molar-refractivity contribution in [3.63, 3.8) is 0 Å². The summed E-state index contributed by atoms with van der Waals surface area (Å²) in [7, 11) is 0. The van der Waals surface area contributed by atoms with Crippen LogP contribution in [0.3, 0.4) is 0 Å². The van der Waals surface area contributed by atoms with E-state index < -0.39 is 0 Å². The van der Waals surface area contributed by atoms with E-state index in [1.165, 1.54) is 0 Å². The first kappa shape index (κ1) is 16.2. The summed E-state index contributed by atoms with van der Waals surface area (Å²) in [4.78, 5) is 14.0. The van der Waals surface area contributed by atoms with E-state index in [2.05, 4.69) is 43.2 Å². The molecule has 1 aliphatic heterocycles. The maximum atomic E-state index is 11.6. The second kappa shape index (κ2) is 6.57. The average molecular weight is 271 g/mol. The van der Waals surface area contributed by atoms with Crippen molar-refractivity contribution in [3.8, 4) is 0 Å². The quantitative estimate of drug-likeness (QED) is 0.816. The van der Waals surface area contributed by atoms with E-state index in [1.54, 1.807) is 0 Å². The molecule has 1 rings (SSSR count). The zero-order valence-corrected chi connectivity index (χ0v) is 13.1. The summed E-state index contributed by atoms with van der Waals surface area (Å²) in [6.07, 6.45) is 0.486. The first-order chi connectivity index (χ1) is 8.70. The van der Waals surface area contributed by atoms with Crippen LogP contribution in [0.15, 0.2) is 0 Å². The van der Waals surface area contributed by atoms with Gasteiger partial charge in [-0.15, -0.1) is 0 Å². The van der Waals surface area contributed by atoms with Crippen LogP contribution in [0, 0.1) is 0 Å². The third-order valence-corrected chi connectivity index (χ3v) is 3.38. The van der Waals surface area contributed by atoms with Crippen molar-refractivity contribution >= 4 is 6.03 Å². The topological polar surface area (TPSA) is 53.6 Å². The summed E-state index contributed by atoms with van der Waals surface area (Å²) in [6, 6.07) is 0.0592. The smallest absolute Gasteiger partial charge is 0.315 e. The van der Waals surface area contributed by atoms with Crippen LogP contribution >= 0.6 is 0 Å². The number of carbonyl (C=O) groups excluding carboxylic acids is 1. The molecule has 0 aromatic rings. The molecular formula is C14H29N3O2. The molecule has 0 aromatic carbocycles. The fourth-order valence-electron chi connectivity index (χ4n) is 2.39. The highest BCUT2D eigenvalue weighted by atomic mass is 16.5. The Labute approximate surface area is 117 Å². The van der Waals surface area contributed by atoms with Gasteiger partial charge in [-0.3, -0.25) is 4.90 Å². The summed E-state index contributed by atoms with van der Waals surface area (Å²) >= 11 is 0. The minimum atomic E-state index is -0.0996. The summed E-state index contributed by atoms with van der Waals surface area (Å²) < 4.78 is 5.75. The van der Waals surface area contributed by atoms with Gasteiger partial charge in [-0.05, 0) is 41.5 Å². The predicted octanol–water partition coefficient (Wildman–Crippen LogP) is 1.58. The molecule has 0 saturated carbocycles. The zero-order chi connectivity index (χ0) is 14.6. The van der Waals surface area contributed by atoms with Crippen molar-refractivity contribution in [1.82, 2.24) is 15.5 Å². The van der Waals surface area contributed by atoms with Crippen molar-refractivity contribution in [1.29, 1.82) is 0 Å². The van der Waals surface area contributed by atoms with Crippen LogP contribution in [0.5, 0.6) is 0 Å². The van der Waals surface area contributed by atoms with E-state index in [4.69, 9.17) is 4.74 Å². The molecule has 2 unspecified atom stereocenters. The van der Waals surface area contributed by atoms with Crippen molar-refractivity contribution in [2.45, 2.75) is 65.3 Å². The van der Waals surface area contributed by atoms with Gasteiger partial charge in [0.25, 0.3) is 0 Å². The minimum Gasteiger partial charge on any atom is -0.373 e. The van der Waals surface area contributed by atoms with Crippen molar-refractivity contribution in [2.75, 3.05) is 19.6 Å². The number of ether oxygens (including phenoxy) is 1. The minimum absolute atomic E-state index is 0.0688. The Balaban J connectivity index is 2.48. The summed E-state index contributed by atoms with van der Waals surface area (Å²) in [5.74, 6) is 0. The second-order valence-electron chi connectivity index (χ2n) is 6.46. The number of amides is 2. The highest BCUT2D eigenvalue weighted by Gasteiger charge is 2.33. The number of urea groups is 1. The second-order valence-corrected chi connectivity index (χ2v) is 6.46. The third-order valence-electron chi connectivity index (χ3n) is 3.38. The molecule has 2 atom stereocenters. The molecule has 2 amide bonds. The largest absolute Gasteiger partial charge is 0.373 e. The molecule has 1 fully saturated rings. The zero-order valence-electron chi connectivity index (χ0n) is 13.1. The number of carbonyl (C=O) groups is 1. The van der Waals surface area contributed by atoms with Crippen LogP contribution in [0.1, 0.15) is 41.5 Å². The molecule has 0 spiro atoms. The normalized spacial score (nSPS) is 25.4. The maximum Gasteiger partial charge on any atom is 0.315 e. The van der Waals surface area contributed by atoms with Gasteiger partial charge >= 0.3 is 6.03 Å². The van der Waals surface area contributed by atoms with Gasteiger partial charge in [0.15, 0.2) is 0 Å². The van der Waals surface area contributed by atoms with Crippen LogP contribution in [0.2, 0.25) is 0 Å². The number of morpholine rings is 1. The van der Waals surface area contributed by atoms with E-state index in [9.17, 15) is 4.79 Å². The molecule has 19 heavy (non-hydrogen) atoms. The molecule has 1 saturated heterocycles. The lowest BCUT2D eigenvalue weighted by Gasteiger charge is -2.45. The van der Waals surface area contributed by atoms with E-state index in [0.29, 0.717) is 6.54 Å². The first-order valence-corrected chi connectivity index (χ1v) is 7.15. The Morgan fingerprint density at radius 2 is 1.84 bits per heavy atom. The molecule has 2 N–H and O–H groups in total. The number of nitrogens with one attached hydrogen (secondary N) is 2. The number of hydrogen-bond acceptors (Lipinski definition) is 3. The molecule has 0 aromatic heterocycles. The summed E-state index contributed by atoms with van der Waals surface area (Å²) in [6.45, 7) is 14.9. The Kier molecular flexibility index (Phi) is 5.62. The van der Waals surface area contributed by atoms with Crippen molar-refractivity contribution in [2.24, 2.45) is 0 Å². The molecule has 1 aliphatic rings. The standard InChI is InChI=1S/C14H29N3O2/c1-10(2)16-13(18)15-9-14(5,6)17-7-11(3)19-12(4)8-17/h10-12H,7-9H2,1-6H3,(H2,15,16,18). The average Bonchev–Trinajstić information content (AvgIpc) is 2.24. The fourth-order valence-corrected chi connectivity index (χ4v) is 2.39. The van der Waals surface area contributed by atoms with E-state index >= 15 is 0 Å². The SMILES string of the molecule is CC(C)NC(=O)NCC(C)(C)N1CC(C)OC(C)C1. The molecule has 5 nitrogen and oxygen atoms in total. The van der Waals surface area contributed by atoms with Crippen LogP contribution in [0.4, 0.5) is 4.79 Å². The molecule has 0 radical (unpaired) electrons. The van der Waals surface area contributed by atoms with Crippen LogP contribution in [-0.2, 0) is 4.74 Å². The van der Waals surface area contributed by atoms with Gasteiger partial charge in [0.1, 0.15) is 0 Å². The van der Waals surface area contributed by atoms with Gasteiger partial charge in [-0.25, -0.2) is 4.79 Å². The van der Waals surface area contributed by atoms with Crippen LogP contribution < -0.4 is 10.6 Å². The maximum absolute atomic E-state index is 11.6. The molecule has 0 aliphatic carbocycles. The van der Waals surface area contributed by atoms with Gasteiger partial charge in [-0.2, -0.15) is 0 Å². The Morgan fingerprint density at radius 3 is 2.32 bits per heavy atom. The van der Waals surface area contributed by atoms with Gasteiger partial charge in [0.2, 0.25) is 0 Å². The number of hydrogen-bond donors (Lipinski definition) is 2. The molecule has 112 valence electrons. The molecule has 0 bridgehead atoms. The highest BCUT2D eigenvalue weighted by molar-refractivity contribution is 5.74. The van der Waals surface area contributed by atoms with Crippen molar-refractivity contribution in [3.05, 3.63) is 0 Å². The van der Waals surface area contributed by atoms with E-state index in [-0.39, 0.29) is 29.8 Å². The fraction of sp³-hybridized carbons (Fsp3) is 0.929. The first-order valence-electron chi connectivity index (χ1n) is 7.15. The third kappa shape index (κ3) is 5.37. The Morgan fingerprint density at radius 1 is 1.32 bits per heavy atom. The number of rotatable bonds is 4. The Bertz CT molecular complexity index is 295. The Hall–Kier alpha value is -0.810. The van der Waals surface area contributed by atoms with E-state index in [0.717, 1.165) is 13.1 Å². The van der Waals surface area contributed by atoms with Crippen molar-refractivity contribution < 1.29 is 9.53 Å². The highest BCUT2D eigenvalue weighted by Crippen LogP contribution is 2.20. The molecular weight excluding hydrogens is 242 g/mol. The lowest BCUT2D eigenvalue weighted by molar-refractivity contribution is -0.0947. The number of nitrogens with zero attached hydrogens (tertiary/aromatic N) is 1. The van der Waals surface area contributed by atoms with Crippen LogP contribution in [0.25, 0.3) is 0 Å². The molecule has 5 heteroatoms. The lowest BCUT2D eigenvalue weighted by Crippen LogP contribution is -2.59. The summed E-state index contributed by atoms with van der Waals surface area (Å²) in [5.41, 5.74) is -0.0688. The van der Waals surface area contributed by atoms with Gasteiger partial charge < -0.3 is 15.4 Å². The van der Waals surface area contributed by atoms with Gasteiger partial charge in [-0.1, -0.05) is 0 Å². The van der Waals surface area contributed by atoms with Gasteiger partial charge in [0, 0.05) is 31.2 Å². The van der Waals surface area contributed by atoms with Gasteiger partial charge in [0.05, 0.1) is 12.2 Å².